The van der Waals surface area contributed by atoms with E-state index in [9.17, 15) is 4.79 Å². The van der Waals surface area contributed by atoms with Crippen molar-refractivity contribution in [1.29, 1.82) is 0 Å². The third kappa shape index (κ3) is 2.74. The second kappa shape index (κ2) is 5.01. The van der Waals surface area contributed by atoms with Gasteiger partial charge in [-0.25, -0.2) is 0 Å². The Hall–Kier alpha value is -1.02. The van der Waals surface area contributed by atoms with E-state index >= 15 is 0 Å². The second-order valence-electron chi connectivity index (χ2n) is 3.10. The molecule has 0 aromatic heterocycles. The molecule has 3 heteroatoms. The molecule has 0 fully saturated rings. The zero-order valence-corrected chi connectivity index (χ0v) is 9.10. The molecule has 0 unspecified atom stereocenters. The van der Waals surface area contributed by atoms with Crippen molar-refractivity contribution in [3.8, 4) is 5.75 Å². The molecule has 0 aliphatic carbocycles. The highest BCUT2D eigenvalue weighted by Gasteiger charge is 2.07. The van der Waals surface area contributed by atoms with Crippen LogP contribution < -0.4 is 4.74 Å². The van der Waals surface area contributed by atoms with Crippen molar-refractivity contribution in [2.45, 2.75) is 13.3 Å². The van der Waals surface area contributed by atoms with E-state index in [0.29, 0.717) is 23.6 Å². The van der Waals surface area contributed by atoms with Crippen molar-refractivity contribution in [2.24, 2.45) is 0 Å². The molecular weight excluding hydrogens is 200 g/mol. The van der Waals surface area contributed by atoms with Crippen LogP contribution in [0.15, 0.2) is 18.2 Å². The summed E-state index contributed by atoms with van der Waals surface area (Å²) >= 11 is 5.51. The number of carbonyl (C=O) groups is 1. The third-order valence-corrected chi connectivity index (χ3v) is 2.12. The first kappa shape index (κ1) is 11.1. The molecule has 1 aromatic carbocycles. The number of alkyl halides is 1. The molecule has 76 valence electrons. The van der Waals surface area contributed by atoms with Gasteiger partial charge in [0.2, 0.25) is 0 Å². The number of Topliss-reactive ketones (excluding diaryl/α,β-unsaturated/α-hetero) is 1. The Morgan fingerprint density at radius 2 is 2.14 bits per heavy atom. The lowest BCUT2D eigenvalue weighted by atomic mass is 10.1. The lowest BCUT2D eigenvalue weighted by Gasteiger charge is -2.05. The molecule has 0 heterocycles. The molecule has 0 amide bonds. The number of ketones is 1. The van der Waals surface area contributed by atoms with Gasteiger partial charge < -0.3 is 4.74 Å². The summed E-state index contributed by atoms with van der Waals surface area (Å²) in [6.07, 6.45) is 0.369. The minimum atomic E-state index is 0.0574. The summed E-state index contributed by atoms with van der Waals surface area (Å²) in [4.78, 5) is 11.5. The third-order valence-electron chi connectivity index (χ3n) is 1.93. The molecular formula is C11H13ClO2. The molecule has 0 aliphatic rings. The Morgan fingerprint density at radius 3 is 2.71 bits per heavy atom. The molecule has 14 heavy (non-hydrogen) atoms. The monoisotopic (exact) mass is 212 g/mol. The number of halogens is 1. The zero-order valence-electron chi connectivity index (χ0n) is 8.34. The van der Waals surface area contributed by atoms with Gasteiger partial charge in [-0.3, -0.25) is 4.79 Å². The topological polar surface area (TPSA) is 26.3 Å². The molecule has 2 nitrogen and oxygen atoms in total. The number of ether oxygens (including phenoxy) is 1. The Balaban J connectivity index is 2.96. The largest absolute Gasteiger partial charge is 0.497 e. The van der Waals surface area contributed by atoms with E-state index in [-0.39, 0.29) is 5.78 Å². The summed E-state index contributed by atoms with van der Waals surface area (Å²) in [7, 11) is 1.59. The summed E-state index contributed by atoms with van der Waals surface area (Å²) in [5, 5.41) is 0. The predicted molar refractivity (Wildman–Crippen MR) is 57.4 cm³/mol. The van der Waals surface area contributed by atoms with Crippen LogP contribution in [0.1, 0.15) is 22.3 Å². The maximum Gasteiger partial charge on any atom is 0.164 e. The van der Waals surface area contributed by atoms with Crippen LogP contribution in [0.3, 0.4) is 0 Å². The molecule has 0 saturated heterocycles. The standard InChI is InChI=1S/C11H13ClO2/c1-8-5-9(11(13)3-4-12)7-10(6-8)14-2/h5-7H,3-4H2,1-2H3. The van der Waals surface area contributed by atoms with E-state index in [0.717, 1.165) is 5.56 Å². The fourth-order valence-corrected chi connectivity index (χ4v) is 1.43. The van der Waals surface area contributed by atoms with Crippen molar-refractivity contribution >= 4 is 17.4 Å². The summed E-state index contributed by atoms with van der Waals surface area (Å²) < 4.78 is 5.08. The van der Waals surface area contributed by atoms with Crippen LogP contribution >= 0.6 is 11.6 Å². The van der Waals surface area contributed by atoms with Crippen LogP contribution in [-0.2, 0) is 0 Å². The number of aryl methyl sites for hydroxylation is 1. The van der Waals surface area contributed by atoms with Crippen LogP contribution in [0, 0.1) is 6.92 Å². The van der Waals surface area contributed by atoms with Gasteiger partial charge in [0.05, 0.1) is 7.11 Å². The van der Waals surface area contributed by atoms with Gasteiger partial charge in [0.1, 0.15) is 5.75 Å². The van der Waals surface area contributed by atoms with Crippen molar-refractivity contribution < 1.29 is 9.53 Å². The Morgan fingerprint density at radius 1 is 1.43 bits per heavy atom. The number of hydrogen-bond acceptors (Lipinski definition) is 2. The first-order valence-corrected chi connectivity index (χ1v) is 4.95. The number of benzene rings is 1. The summed E-state index contributed by atoms with van der Waals surface area (Å²) in [5.41, 5.74) is 1.68. The second-order valence-corrected chi connectivity index (χ2v) is 3.48. The molecule has 0 saturated carbocycles. The van der Waals surface area contributed by atoms with Gasteiger partial charge >= 0.3 is 0 Å². The summed E-state index contributed by atoms with van der Waals surface area (Å²) in [6.45, 7) is 1.93. The average Bonchev–Trinajstić information content (AvgIpc) is 2.17. The Bertz CT molecular complexity index is 334. The number of hydrogen-bond donors (Lipinski definition) is 0. The number of methoxy groups -OCH3 is 1. The van der Waals surface area contributed by atoms with Crippen LogP contribution in [0.2, 0.25) is 0 Å². The highest BCUT2D eigenvalue weighted by Crippen LogP contribution is 2.17. The van der Waals surface area contributed by atoms with Gasteiger partial charge in [-0.2, -0.15) is 0 Å². The Labute approximate surface area is 88.8 Å². The van der Waals surface area contributed by atoms with Gasteiger partial charge in [0.25, 0.3) is 0 Å². The first-order valence-electron chi connectivity index (χ1n) is 4.42. The highest BCUT2D eigenvalue weighted by atomic mass is 35.5. The summed E-state index contributed by atoms with van der Waals surface area (Å²) in [5.74, 6) is 1.12. The fourth-order valence-electron chi connectivity index (χ4n) is 1.26. The lowest BCUT2D eigenvalue weighted by molar-refractivity contribution is 0.0989. The van der Waals surface area contributed by atoms with Gasteiger partial charge in [0.15, 0.2) is 5.78 Å². The van der Waals surface area contributed by atoms with Crippen molar-refractivity contribution in [2.75, 3.05) is 13.0 Å². The SMILES string of the molecule is COc1cc(C)cc(C(=O)CCCl)c1. The molecule has 0 atom stereocenters. The quantitative estimate of drug-likeness (QED) is 0.567. The van der Waals surface area contributed by atoms with Crippen LogP contribution in [0.4, 0.5) is 0 Å². The van der Waals surface area contributed by atoms with Crippen LogP contribution in [-0.4, -0.2) is 18.8 Å². The zero-order chi connectivity index (χ0) is 10.6. The van der Waals surface area contributed by atoms with Gasteiger partial charge in [-0.15, -0.1) is 11.6 Å². The Kier molecular flexibility index (Phi) is 3.96. The van der Waals surface area contributed by atoms with E-state index in [1.807, 2.05) is 19.1 Å². The maximum absolute atomic E-state index is 11.5. The molecule has 0 N–H and O–H groups in total. The molecule has 1 aromatic rings. The van der Waals surface area contributed by atoms with E-state index < -0.39 is 0 Å². The van der Waals surface area contributed by atoms with E-state index in [1.54, 1.807) is 13.2 Å². The van der Waals surface area contributed by atoms with Crippen molar-refractivity contribution in [3.05, 3.63) is 29.3 Å². The molecule has 0 bridgehead atoms. The van der Waals surface area contributed by atoms with Gasteiger partial charge in [-0.1, -0.05) is 0 Å². The van der Waals surface area contributed by atoms with Gasteiger partial charge in [0, 0.05) is 17.9 Å². The fraction of sp³-hybridized carbons (Fsp3) is 0.364. The molecule has 0 radical (unpaired) electrons. The summed E-state index contributed by atoms with van der Waals surface area (Å²) in [6, 6.07) is 5.47. The van der Waals surface area contributed by atoms with Crippen LogP contribution in [0.5, 0.6) is 5.75 Å². The van der Waals surface area contributed by atoms with Crippen molar-refractivity contribution in [1.82, 2.24) is 0 Å². The smallest absolute Gasteiger partial charge is 0.164 e. The average molecular weight is 213 g/mol. The van der Waals surface area contributed by atoms with Gasteiger partial charge in [-0.05, 0) is 30.7 Å². The number of carbonyl (C=O) groups excluding carboxylic acids is 1. The van der Waals surface area contributed by atoms with Crippen LogP contribution in [0.25, 0.3) is 0 Å². The van der Waals surface area contributed by atoms with E-state index in [4.69, 9.17) is 16.3 Å². The minimum Gasteiger partial charge on any atom is -0.497 e. The minimum absolute atomic E-state index is 0.0574. The predicted octanol–water partition coefficient (Wildman–Crippen LogP) is 2.82. The first-order chi connectivity index (χ1) is 6.67. The molecule has 1 rings (SSSR count). The lowest BCUT2D eigenvalue weighted by Crippen LogP contribution is -2.00. The highest BCUT2D eigenvalue weighted by molar-refractivity contribution is 6.19. The van der Waals surface area contributed by atoms with E-state index in [1.165, 1.54) is 0 Å². The number of rotatable bonds is 4. The van der Waals surface area contributed by atoms with E-state index in [2.05, 4.69) is 0 Å². The maximum atomic E-state index is 11.5. The molecule has 0 aliphatic heterocycles. The molecule has 0 spiro atoms. The normalized spacial score (nSPS) is 9.93. The van der Waals surface area contributed by atoms with Crippen molar-refractivity contribution in [3.63, 3.8) is 0 Å².